The van der Waals surface area contributed by atoms with Gasteiger partial charge in [0.25, 0.3) is 0 Å². The normalized spacial score (nSPS) is 10.7. The number of nitriles is 2. The summed E-state index contributed by atoms with van der Waals surface area (Å²) >= 11 is 2.20. The maximum atomic E-state index is 9.61. The quantitative estimate of drug-likeness (QED) is 0.247. The fraction of sp³-hybridized carbons (Fsp3) is 0.0833. The molecule has 0 unspecified atom stereocenters. The van der Waals surface area contributed by atoms with Gasteiger partial charge in [-0.1, -0.05) is 42.5 Å². The summed E-state index contributed by atoms with van der Waals surface area (Å²) in [6, 6.07) is 25.0. The van der Waals surface area contributed by atoms with E-state index in [9.17, 15) is 5.26 Å². The van der Waals surface area contributed by atoms with Gasteiger partial charge in [0.1, 0.15) is 6.61 Å². The minimum absolute atomic E-state index is 0.437. The molecule has 0 fully saturated rings. The molecule has 3 rings (SSSR count). The Morgan fingerprint density at radius 2 is 1.83 bits per heavy atom. The van der Waals surface area contributed by atoms with Crippen molar-refractivity contribution >= 4 is 34.2 Å². The minimum atomic E-state index is 0.437. The van der Waals surface area contributed by atoms with Crippen LogP contribution in [0.1, 0.15) is 22.3 Å². The van der Waals surface area contributed by atoms with Crippen molar-refractivity contribution in [3.05, 3.63) is 92.6 Å². The number of benzene rings is 3. The first-order chi connectivity index (χ1) is 14.1. The standard InChI is InChI=1S/C24H17IN2O2/c1-28-23-13-19(11-21(15-27)20-9-5-8-18(10-20)14-26)12-22(25)24(23)29-16-17-6-3-2-4-7-17/h2-13H,16H2,1H3/b21-11-. The molecule has 0 aliphatic heterocycles. The molecule has 0 spiro atoms. The molecule has 0 saturated heterocycles. The van der Waals surface area contributed by atoms with Gasteiger partial charge in [0.2, 0.25) is 0 Å². The predicted molar refractivity (Wildman–Crippen MR) is 121 cm³/mol. The molecule has 0 aliphatic carbocycles. The number of halogens is 1. The van der Waals surface area contributed by atoms with E-state index in [4.69, 9.17) is 14.7 Å². The van der Waals surface area contributed by atoms with Gasteiger partial charge in [0.05, 0.1) is 34.0 Å². The lowest BCUT2D eigenvalue weighted by molar-refractivity contribution is 0.282. The number of hydrogen-bond donors (Lipinski definition) is 0. The van der Waals surface area contributed by atoms with Crippen molar-refractivity contribution in [1.29, 1.82) is 10.5 Å². The number of hydrogen-bond acceptors (Lipinski definition) is 4. The largest absolute Gasteiger partial charge is 0.493 e. The number of nitrogens with zero attached hydrogens (tertiary/aromatic N) is 2. The first kappa shape index (κ1) is 20.4. The lowest BCUT2D eigenvalue weighted by atomic mass is 10.0. The molecule has 0 heterocycles. The summed E-state index contributed by atoms with van der Waals surface area (Å²) in [6.45, 7) is 0.437. The summed E-state index contributed by atoms with van der Waals surface area (Å²) in [5, 5.41) is 18.7. The highest BCUT2D eigenvalue weighted by Gasteiger charge is 2.12. The summed E-state index contributed by atoms with van der Waals surface area (Å²) < 4.78 is 12.4. The molecule has 0 saturated carbocycles. The van der Waals surface area contributed by atoms with Gasteiger partial charge in [-0.25, -0.2) is 0 Å². The smallest absolute Gasteiger partial charge is 0.174 e. The van der Waals surface area contributed by atoms with Crippen LogP contribution in [0.25, 0.3) is 11.6 Å². The van der Waals surface area contributed by atoms with E-state index in [-0.39, 0.29) is 0 Å². The summed E-state index contributed by atoms with van der Waals surface area (Å²) in [6.07, 6.45) is 1.78. The Kier molecular flexibility index (Phi) is 6.89. The Labute approximate surface area is 183 Å². The summed E-state index contributed by atoms with van der Waals surface area (Å²) in [4.78, 5) is 0. The lowest BCUT2D eigenvalue weighted by Gasteiger charge is -2.14. The number of rotatable bonds is 6. The lowest BCUT2D eigenvalue weighted by Crippen LogP contribution is -2.00. The average Bonchev–Trinajstić information content (AvgIpc) is 2.77. The van der Waals surface area contributed by atoms with Crippen LogP contribution in [0.15, 0.2) is 66.7 Å². The highest BCUT2D eigenvalue weighted by molar-refractivity contribution is 14.1. The van der Waals surface area contributed by atoms with E-state index in [2.05, 4.69) is 34.7 Å². The van der Waals surface area contributed by atoms with E-state index in [1.54, 1.807) is 31.4 Å². The van der Waals surface area contributed by atoms with Gasteiger partial charge in [-0.2, -0.15) is 10.5 Å². The third-order valence-corrected chi connectivity index (χ3v) is 5.01. The Morgan fingerprint density at radius 1 is 1.03 bits per heavy atom. The number of ether oxygens (including phenoxy) is 2. The van der Waals surface area contributed by atoms with Gasteiger partial charge in [-0.05, 0) is 69.6 Å². The van der Waals surface area contributed by atoms with Gasteiger partial charge >= 0.3 is 0 Å². The van der Waals surface area contributed by atoms with E-state index in [1.807, 2.05) is 48.5 Å². The molecule has 3 aromatic carbocycles. The van der Waals surface area contributed by atoms with Crippen molar-refractivity contribution in [2.45, 2.75) is 6.61 Å². The molecule has 4 nitrogen and oxygen atoms in total. The summed E-state index contributed by atoms with van der Waals surface area (Å²) in [5.41, 5.74) is 3.57. The van der Waals surface area contributed by atoms with Crippen molar-refractivity contribution < 1.29 is 9.47 Å². The molecular formula is C24H17IN2O2. The third kappa shape index (κ3) is 5.16. The minimum Gasteiger partial charge on any atom is -0.493 e. The average molecular weight is 492 g/mol. The molecule has 0 N–H and O–H groups in total. The Balaban J connectivity index is 1.92. The van der Waals surface area contributed by atoms with E-state index in [1.165, 1.54) is 0 Å². The summed E-state index contributed by atoms with van der Waals surface area (Å²) in [5.74, 6) is 1.27. The summed E-state index contributed by atoms with van der Waals surface area (Å²) in [7, 11) is 1.59. The first-order valence-corrected chi connectivity index (χ1v) is 9.89. The maximum absolute atomic E-state index is 9.61. The van der Waals surface area contributed by atoms with Crippen molar-refractivity contribution in [2.24, 2.45) is 0 Å². The molecule has 0 amide bonds. The molecule has 142 valence electrons. The van der Waals surface area contributed by atoms with Crippen LogP contribution >= 0.6 is 22.6 Å². The first-order valence-electron chi connectivity index (χ1n) is 8.81. The molecule has 0 aromatic heterocycles. The second-order valence-electron chi connectivity index (χ2n) is 6.17. The van der Waals surface area contributed by atoms with E-state index in [0.29, 0.717) is 34.8 Å². The zero-order valence-corrected chi connectivity index (χ0v) is 17.9. The molecule has 0 atom stereocenters. The second kappa shape index (κ2) is 9.77. The van der Waals surface area contributed by atoms with Crippen LogP contribution in [-0.2, 0) is 6.61 Å². The van der Waals surface area contributed by atoms with Crippen molar-refractivity contribution in [3.63, 3.8) is 0 Å². The highest BCUT2D eigenvalue weighted by atomic mass is 127. The molecule has 0 aliphatic rings. The number of methoxy groups -OCH3 is 1. The fourth-order valence-electron chi connectivity index (χ4n) is 2.80. The van der Waals surface area contributed by atoms with Gasteiger partial charge in [-0.15, -0.1) is 0 Å². The van der Waals surface area contributed by atoms with Crippen LogP contribution in [0.2, 0.25) is 0 Å². The van der Waals surface area contributed by atoms with Crippen molar-refractivity contribution in [3.8, 4) is 23.6 Å². The Bertz CT molecular complexity index is 1130. The van der Waals surface area contributed by atoms with Crippen molar-refractivity contribution in [2.75, 3.05) is 7.11 Å². The van der Waals surface area contributed by atoms with E-state index in [0.717, 1.165) is 14.7 Å². The Hall–Kier alpha value is -3.29. The predicted octanol–water partition coefficient (Wildman–Crippen LogP) is 5.81. The zero-order valence-electron chi connectivity index (χ0n) is 15.7. The third-order valence-electron chi connectivity index (χ3n) is 4.21. The van der Waals surface area contributed by atoms with Crippen LogP contribution in [-0.4, -0.2) is 7.11 Å². The molecule has 29 heavy (non-hydrogen) atoms. The van der Waals surface area contributed by atoms with Crippen LogP contribution in [0, 0.1) is 26.2 Å². The number of allylic oxidation sites excluding steroid dienone is 1. The van der Waals surface area contributed by atoms with E-state index < -0.39 is 0 Å². The molecular weight excluding hydrogens is 475 g/mol. The van der Waals surface area contributed by atoms with Crippen LogP contribution in [0.3, 0.4) is 0 Å². The monoisotopic (exact) mass is 492 g/mol. The van der Waals surface area contributed by atoms with Crippen molar-refractivity contribution in [1.82, 2.24) is 0 Å². The van der Waals surface area contributed by atoms with Gasteiger partial charge < -0.3 is 9.47 Å². The molecule has 0 radical (unpaired) electrons. The maximum Gasteiger partial charge on any atom is 0.174 e. The van der Waals surface area contributed by atoms with Crippen LogP contribution in [0.4, 0.5) is 0 Å². The SMILES string of the molecule is COc1cc(/C=C(/C#N)c2cccc(C#N)c2)cc(I)c1OCc1ccccc1. The van der Waals surface area contributed by atoms with Crippen LogP contribution < -0.4 is 9.47 Å². The fourth-order valence-corrected chi connectivity index (χ4v) is 3.58. The molecule has 5 heteroatoms. The van der Waals surface area contributed by atoms with Gasteiger partial charge in [0.15, 0.2) is 11.5 Å². The molecule has 0 bridgehead atoms. The topological polar surface area (TPSA) is 66.0 Å². The zero-order chi connectivity index (χ0) is 20.6. The van der Waals surface area contributed by atoms with E-state index >= 15 is 0 Å². The highest BCUT2D eigenvalue weighted by Crippen LogP contribution is 2.35. The Morgan fingerprint density at radius 3 is 2.52 bits per heavy atom. The molecule has 3 aromatic rings. The second-order valence-corrected chi connectivity index (χ2v) is 7.33. The van der Waals surface area contributed by atoms with Crippen LogP contribution in [0.5, 0.6) is 11.5 Å². The van der Waals surface area contributed by atoms with Gasteiger partial charge in [-0.3, -0.25) is 0 Å². The van der Waals surface area contributed by atoms with Gasteiger partial charge in [0, 0.05) is 0 Å².